The van der Waals surface area contributed by atoms with E-state index in [-0.39, 0.29) is 6.04 Å². The number of anilines is 1. The van der Waals surface area contributed by atoms with Crippen LogP contribution in [-0.2, 0) is 0 Å². The standard InChI is InChI=1S/C12H15BrN4S2/c1-7(14)8-4-5-10(9(13)6-8)18-12-16-15-11(19-12)17(2)3/h4-7H,14H2,1-3H3. The molecule has 19 heavy (non-hydrogen) atoms. The number of halogens is 1. The third kappa shape index (κ3) is 3.68. The number of hydrogen-bond acceptors (Lipinski definition) is 6. The lowest BCUT2D eigenvalue weighted by atomic mass is 10.1. The highest BCUT2D eigenvalue weighted by molar-refractivity contribution is 9.10. The smallest absolute Gasteiger partial charge is 0.208 e. The lowest BCUT2D eigenvalue weighted by molar-refractivity contribution is 0.815. The lowest BCUT2D eigenvalue weighted by Gasteiger charge is -2.08. The molecular weight excluding hydrogens is 344 g/mol. The van der Waals surface area contributed by atoms with Gasteiger partial charge in [-0.1, -0.05) is 29.2 Å². The second-order valence-corrected chi connectivity index (χ2v) is 7.42. The van der Waals surface area contributed by atoms with Crippen molar-refractivity contribution in [1.82, 2.24) is 10.2 Å². The SMILES string of the molecule is CC(N)c1ccc(Sc2nnc(N(C)C)s2)c(Br)c1. The summed E-state index contributed by atoms with van der Waals surface area (Å²) in [6.07, 6.45) is 0. The van der Waals surface area contributed by atoms with Gasteiger partial charge in [-0.15, -0.1) is 10.2 Å². The number of benzene rings is 1. The number of nitrogens with two attached hydrogens (primary N) is 1. The molecule has 7 heteroatoms. The summed E-state index contributed by atoms with van der Waals surface area (Å²) < 4.78 is 1.96. The number of hydrogen-bond donors (Lipinski definition) is 1. The predicted molar refractivity (Wildman–Crippen MR) is 85.1 cm³/mol. The summed E-state index contributed by atoms with van der Waals surface area (Å²) in [6.45, 7) is 1.97. The summed E-state index contributed by atoms with van der Waals surface area (Å²) in [7, 11) is 3.92. The van der Waals surface area contributed by atoms with Crippen LogP contribution in [0.2, 0.25) is 0 Å². The summed E-state index contributed by atoms with van der Waals surface area (Å²) in [4.78, 5) is 3.07. The van der Waals surface area contributed by atoms with Crippen LogP contribution in [0.3, 0.4) is 0 Å². The largest absolute Gasteiger partial charge is 0.353 e. The Bertz CT molecular complexity index is 569. The summed E-state index contributed by atoms with van der Waals surface area (Å²) in [5, 5.41) is 9.21. The zero-order valence-corrected chi connectivity index (χ0v) is 14.1. The molecule has 0 fully saturated rings. The quantitative estimate of drug-likeness (QED) is 0.905. The minimum absolute atomic E-state index is 0.0391. The van der Waals surface area contributed by atoms with Crippen LogP contribution in [0, 0.1) is 0 Å². The average Bonchev–Trinajstić information content (AvgIpc) is 2.80. The first-order valence-corrected chi connectivity index (χ1v) is 8.13. The second-order valence-electron chi connectivity index (χ2n) is 4.33. The molecule has 2 rings (SSSR count). The average molecular weight is 359 g/mol. The Morgan fingerprint density at radius 1 is 1.37 bits per heavy atom. The summed E-state index contributed by atoms with van der Waals surface area (Å²) >= 11 is 6.76. The second kappa shape index (κ2) is 6.21. The van der Waals surface area contributed by atoms with E-state index in [4.69, 9.17) is 5.73 Å². The Labute approximate surface area is 129 Å². The minimum atomic E-state index is 0.0391. The first-order chi connectivity index (χ1) is 8.97. The molecule has 0 saturated carbocycles. The van der Waals surface area contributed by atoms with Crippen LogP contribution in [0.4, 0.5) is 5.13 Å². The van der Waals surface area contributed by atoms with Gasteiger partial charge in [-0.05, 0) is 40.5 Å². The van der Waals surface area contributed by atoms with Gasteiger partial charge in [0.25, 0.3) is 0 Å². The van der Waals surface area contributed by atoms with Crippen LogP contribution in [0.1, 0.15) is 18.5 Å². The Hall–Kier alpha value is -0.630. The molecule has 1 unspecified atom stereocenters. The molecule has 0 saturated heterocycles. The van der Waals surface area contributed by atoms with Crippen LogP contribution >= 0.6 is 39.0 Å². The molecule has 1 aromatic carbocycles. The van der Waals surface area contributed by atoms with E-state index in [9.17, 15) is 0 Å². The zero-order chi connectivity index (χ0) is 14.0. The van der Waals surface area contributed by atoms with Gasteiger partial charge in [-0.3, -0.25) is 0 Å². The highest BCUT2D eigenvalue weighted by atomic mass is 79.9. The van der Waals surface area contributed by atoms with Gasteiger partial charge in [0.05, 0.1) is 0 Å². The fourth-order valence-corrected chi connectivity index (χ4v) is 3.76. The fraction of sp³-hybridized carbons (Fsp3) is 0.333. The normalized spacial score (nSPS) is 12.5. The van der Waals surface area contributed by atoms with Gasteiger partial charge >= 0.3 is 0 Å². The van der Waals surface area contributed by atoms with Crippen LogP contribution in [-0.4, -0.2) is 24.3 Å². The van der Waals surface area contributed by atoms with E-state index in [0.717, 1.165) is 24.4 Å². The van der Waals surface area contributed by atoms with Gasteiger partial charge in [0.15, 0.2) is 4.34 Å². The maximum Gasteiger partial charge on any atom is 0.208 e. The molecule has 2 N–H and O–H groups in total. The summed E-state index contributed by atoms with van der Waals surface area (Å²) in [5.74, 6) is 0. The monoisotopic (exact) mass is 358 g/mol. The van der Waals surface area contributed by atoms with Gasteiger partial charge < -0.3 is 10.6 Å². The van der Waals surface area contributed by atoms with Crippen LogP contribution < -0.4 is 10.6 Å². The molecule has 1 heterocycles. The van der Waals surface area contributed by atoms with Gasteiger partial charge in [-0.2, -0.15) is 0 Å². The van der Waals surface area contributed by atoms with Crippen molar-refractivity contribution in [2.24, 2.45) is 5.73 Å². The molecular formula is C12H15BrN4S2. The van der Waals surface area contributed by atoms with E-state index in [1.807, 2.05) is 32.0 Å². The third-order valence-electron chi connectivity index (χ3n) is 2.46. The van der Waals surface area contributed by atoms with Crippen molar-refractivity contribution in [2.75, 3.05) is 19.0 Å². The topological polar surface area (TPSA) is 55.0 Å². The van der Waals surface area contributed by atoms with Crippen LogP contribution in [0.25, 0.3) is 0 Å². The number of nitrogens with zero attached hydrogens (tertiary/aromatic N) is 3. The molecule has 2 aromatic rings. The van der Waals surface area contributed by atoms with E-state index in [1.165, 1.54) is 0 Å². The highest BCUT2D eigenvalue weighted by Crippen LogP contribution is 2.37. The molecule has 0 radical (unpaired) electrons. The van der Waals surface area contributed by atoms with Crippen LogP contribution in [0.15, 0.2) is 31.9 Å². The number of aromatic nitrogens is 2. The van der Waals surface area contributed by atoms with Crippen molar-refractivity contribution in [1.29, 1.82) is 0 Å². The molecule has 102 valence electrons. The molecule has 0 aliphatic rings. The van der Waals surface area contributed by atoms with Gasteiger partial charge in [0.1, 0.15) is 0 Å². The van der Waals surface area contributed by atoms with Crippen molar-refractivity contribution in [3.63, 3.8) is 0 Å². The molecule has 0 spiro atoms. The minimum Gasteiger partial charge on any atom is -0.353 e. The third-order valence-corrected chi connectivity index (χ3v) is 5.59. The van der Waals surface area contributed by atoms with Gasteiger partial charge in [-0.25, -0.2) is 0 Å². The Balaban J connectivity index is 2.18. The van der Waals surface area contributed by atoms with Crippen molar-refractivity contribution in [3.05, 3.63) is 28.2 Å². The molecule has 1 atom stereocenters. The van der Waals surface area contributed by atoms with Crippen molar-refractivity contribution in [3.8, 4) is 0 Å². The van der Waals surface area contributed by atoms with Crippen molar-refractivity contribution >= 4 is 44.2 Å². The Kier molecular flexibility index (Phi) is 4.83. The highest BCUT2D eigenvalue weighted by Gasteiger charge is 2.10. The van der Waals surface area contributed by atoms with Crippen LogP contribution in [0.5, 0.6) is 0 Å². The Morgan fingerprint density at radius 2 is 2.11 bits per heavy atom. The molecule has 1 aromatic heterocycles. The van der Waals surface area contributed by atoms with E-state index in [2.05, 4.69) is 38.3 Å². The first kappa shape index (κ1) is 14.8. The maximum absolute atomic E-state index is 5.87. The summed E-state index contributed by atoms with van der Waals surface area (Å²) in [6, 6.07) is 6.20. The van der Waals surface area contributed by atoms with E-state index < -0.39 is 0 Å². The molecule has 0 amide bonds. The van der Waals surface area contributed by atoms with Crippen molar-refractivity contribution < 1.29 is 0 Å². The summed E-state index contributed by atoms with van der Waals surface area (Å²) in [5.41, 5.74) is 6.98. The van der Waals surface area contributed by atoms with Gasteiger partial charge in [0, 0.05) is 29.5 Å². The Morgan fingerprint density at radius 3 is 2.63 bits per heavy atom. The maximum atomic E-state index is 5.87. The van der Waals surface area contributed by atoms with E-state index >= 15 is 0 Å². The van der Waals surface area contributed by atoms with E-state index in [1.54, 1.807) is 23.1 Å². The zero-order valence-electron chi connectivity index (χ0n) is 10.9. The molecule has 0 aliphatic carbocycles. The van der Waals surface area contributed by atoms with Crippen molar-refractivity contribution in [2.45, 2.75) is 22.2 Å². The van der Waals surface area contributed by atoms with E-state index in [0.29, 0.717) is 0 Å². The lowest BCUT2D eigenvalue weighted by Crippen LogP contribution is -2.07. The molecule has 0 aliphatic heterocycles. The first-order valence-electron chi connectivity index (χ1n) is 5.71. The molecule has 4 nitrogen and oxygen atoms in total. The fourth-order valence-electron chi connectivity index (χ4n) is 1.40. The molecule has 0 bridgehead atoms. The number of rotatable bonds is 4. The van der Waals surface area contributed by atoms with Gasteiger partial charge in [0.2, 0.25) is 5.13 Å². The predicted octanol–water partition coefficient (Wildman–Crippen LogP) is 3.54.